The van der Waals surface area contributed by atoms with Crippen LogP contribution in [0.5, 0.6) is 0 Å². The highest BCUT2D eigenvalue weighted by atomic mass is 16.4. The van der Waals surface area contributed by atoms with Gasteiger partial charge in [-0.3, -0.25) is 0 Å². The van der Waals surface area contributed by atoms with Gasteiger partial charge in [0.15, 0.2) is 11.2 Å². The van der Waals surface area contributed by atoms with Gasteiger partial charge in [-0.1, -0.05) is 123 Å². The van der Waals surface area contributed by atoms with Crippen molar-refractivity contribution in [3.05, 3.63) is 181 Å². The topological polar surface area (TPSA) is 42.4 Å². The van der Waals surface area contributed by atoms with E-state index in [2.05, 4.69) is 152 Å². The Morgan fingerprint density at radius 2 is 1.22 bits per heavy atom. The van der Waals surface area contributed by atoms with Gasteiger partial charge in [0.1, 0.15) is 11.1 Å². The summed E-state index contributed by atoms with van der Waals surface area (Å²) in [7, 11) is 0. The van der Waals surface area contributed by atoms with E-state index in [1.807, 2.05) is 36.4 Å². The zero-order valence-electron chi connectivity index (χ0n) is 29.9. The van der Waals surface area contributed by atoms with E-state index in [1.54, 1.807) is 0 Å². The maximum atomic E-state index is 6.85. The van der Waals surface area contributed by atoms with Crippen LogP contribution in [0.25, 0.3) is 77.5 Å². The molecule has 2 aromatic heterocycles. The molecule has 4 heteroatoms. The van der Waals surface area contributed by atoms with Crippen molar-refractivity contribution in [2.45, 2.75) is 19.3 Å². The third-order valence-corrected chi connectivity index (χ3v) is 11.3. The van der Waals surface area contributed by atoms with Crippen molar-refractivity contribution in [1.29, 1.82) is 0 Å². The van der Waals surface area contributed by atoms with Gasteiger partial charge in [-0.2, -0.15) is 0 Å². The predicted molar refractivity (Wildman–Crippen MR) is 222 cm³/mol. The highest BCUT2D eigenvalue weighted by molar-refractivity contribution is 6.13. The van der Waals surface area contributed by atoms with Crippen molar-refractivity contribution >= 4 is 60.9 Å². The van der Waals surface area contributed by atoms with E-state index in [9.17, 15) is 0 Å². The number of fused-ring (bicyclic) bond motifs is 8. The summed E-state index contributed by atoms with van der Waals surface area (Å²) in [4.78, 5) is 7.19. The van der Waals surface area contributed by atoms with Crippen LogP contribution >= 0.6 is 0 Å². The predicted octanol–water partition coefficient (Wildman–Crippen LogP) is 14.0. The normalized spacial score (nSPS) is 13.1. The lowest BCUT2D eigenvalue weighted by molar-refractivity contribution is 0.620. The fourth-order valence-corrected chi connectivity index (χ4v) is 8.55. The molecule has 2 heterocycles. The third kappa shape index (κ3) is 4.66. The summed E-state index contributed by atoms with van der Waals surface area (Å²) in [6.07, 6.45) is 0. The number of aromatic nitrogens is 1. The second-order valence-corrected chi connectivity index (χ2v) is 14.8. The average molecular weight is 695 g/mol. The quantitative estimate of drug-likeness (QED) is 0.180. The largest absolute Gasteiger partial charge is 0.454 e. The second kappa shape index (κ2) is 11.5. The van der Waals surface area contributed by atoms with E-state index in [-0.39, 0.29) is 5.41 Å². The second-order valence-electron chi connectivity index (χ2n) is 14.8. The first-order valence-electron chi connectivity index (χ1n) is 18.4. The number of furan rings is 1. The van der Waals surface area contributed by atoms with Crippen molar-refractivity contribution in [2.75, 3.05) is 4.90 Å². The summed E-state index contributed by atoms with van der Waals surface area (Å²) in [5.41, 5.74) is 14.6. The summed E-state index contributed by atoms with van der Waals surface area (Å²) in [5.74, 6) is 0.599. The van der Waals surface area contributed by atoms with Crippen molar-refractivity contribution in [1.82, 2.24) is 4.98 Å². The molecule has 54 heavy (non-hydrogen) atoms. The molecule has 8 aromatic carbocycles. The van der Waals surface area contributed by atoms with Crippen LogP contribution in [0.15, 0.2) is 179 Å². The SMILES string of the molecule is CC1(C)c2ccccc2-c2cc(N(c3cccc(-c4ccc5ccccc5c4)c3)c3cccc4c3oc3cc5nc(-c6ccccc6)oc5cc34)ccc21. The van der Waals surface area contributed by atoms with Crippen molar-refractivity contribution in [3.8, 4) is 33.7 Å². The molecule has 1 aliphatic carbocycles. The van der Waals surface area contributed by atoms with Gasteiger partial charge in [0.25, 0.3) is 0 Å². The maximum absolute atomic E-state index is 6.85. The molecule has 0 atom stereocenters. The highest BCUT2D eigenvalue weighted by Gasteiger charge is 2.35. The first-order valence-corrected chi connectivity index (χ1v) is 18.4. The fraction of sp³-hybridized carbons (Fsp3) is 0.0600. The van der Waals surface area contributed by atoms with E-state index >= 15 is 0 Å². The van der Waals surface area contributed by atoms with Gasteiger partial charge in [-0.25, -0.2) is 4.98 Å². The standard InChI is InChI=1S/C50H34N2O2/c1-50(2)42-20-9-8-18-38(42)40-28-37(24-25-43(40)50)52(36-17-10-16-34(27-36)35-23-22-31-12-6-7-15-33(31)26-35)45-21-11-19-39-41-29-47-44(30-46(41)53-48(39)45)51-49(54-47)32-13-4-3-5-14-32/h3-30H,1-2H3. The van der Waals surface area contributed by atoms with Crippen LogP contribution < -0.4 is 4.90 Å². The molecule has 0 amide bonds. The van der Waals surface area contributed by atoms with Gasteiger partial charge in [0.2, 0.25) is 5.89 Å². The molecule has 0 saturated heterocycles. The van der Waals surface area contributed by atoms with Gasteiger partial charge in [-0.05, 0) is 98.8 Å². The number of benzene rings is 8. The third-order valence-electron chi connectivity index (χ3n) is 11.3. The summed E-state index contributed by atoms with van der Waals surface area (Å²) in [6, 6.07) is 60.3. The van der Waals surface area contributed by atoms with Gasteiger partial charge in [0.05, 0.1) is 5.69 Å². The number of oxazole rings is 1. The monoisotopic (exact) mass is 694 g/mol. The average Bonchev–Trinajstić information content (AvgIpc) is 3.87. The zero-order chi connectivity index (χ0) is 36.0. The van der Waals surface area contributed by atoms with E-state index in [4.69, 9.17) is 13.8 Å². The molecule has 10 aromatic rings. The summed E-state index contributed by atoms with van der Waals surface area (Å²) >= 11 is 0. The summed E-state index contributed by atoms with van der Waals surface area (Å²) in [6.45, 7) is 4.65. The van der Waals surface area contributed by atoms with Crippen molar-refractivity contribution < 1.29 is 8.83 Å². The molecule has 0 spiro atoms. The minimum absolute atomic E-state index is 0.0879. The van der Waals surface area contributed by atoms with E-state index < -0.39 is 0 Å². The number of anilines is 3. The van der Waals surface area contributed by atoms with Crippen LogP contribution in [-0.4, -0.2) is 4.98 Å². The van der Waals surface area contributed by atoms with E-state index in [0.29, 0.717) is 5.89 Å². The molecular formula is C50H34N2O2. The summed E-state index contributed by atoms with van der Waals surface area (Å²) < 4.78 is 13.2. The van der Waals surface area contributed by atoms with E-state index in [1.165, 1.54) is 38.6 Å². The minimum Gasteiger partial charge on any atom is -0.454 e. The lowest BCUT2D eigenvalue weighted by Gasteiger charge is -2.27. The Bertz CT molecular complexity index is 3100. The number of rotatable bonds is 5. The molecule has 1 aliphatic rings. The Kier molecular flexibility index (Phi) is 6.56. The molecule has 11 rings (SSSR count). The molecule has 0 fully saturated rings. The Morgan fingerprint density at radius 1 is 0.481 bits per heavy atom. The minimum atomic E-state index is -0.0879. The van der Waals surface area contributed by atoms with Crippen LogP contribution in [0.1, 0.15) is 25.0 Å². The highest BCUT2D eigenvalue weighted by Crippen LogP contribution is 2.51. The molecule has 0 unspecified atom stereocenters. The Hall–Kier alpha value is -6.91. The lowest BCUT2D eigenvalue weighted by Crippen LogP contribution is -2.15. The number of hydrogen-bond donors (Lipinski definition) is 0. The summed E-state index contributed by atoms with van der Waals surface area (Å²) in [5, 5.41) is 4.46. The van der Waals surface area contributed by atoms with Crippen LogP contribution in [0, 0.1) is 0 Å². The maximum Gasteiger partial charge on any atom is 0.227 e. The number of nitrogens with zero attached hydrogens (tertiary/aromatic N) is 2. The van der Waals surface area contributed by atoms with E-state index in [0.717, 1.165) is 61.2 Å². The first kappa shape index (κ1) is 30.7. The molecule has 4 nitrogen and oxygen atoms in total. The van der Waals surface area contributed by atoms with Gasteiger partial charge < -0.3 is 13.7 Å². The zero-order valence-corrected chi connectivity index (χ0v) is 29.9. The number of hydrogen-bond acceptors (Lipinski definition) is 4. The lowest BCUT2D eigenvalue weighted by atomic mass is 9.82. The molecule has 0 radical (unpaired) electrons. The van der Waals surface area contributed by atoms with Crippen LogP contribution in [0.4, 0.5) is 17.1 Å². The molecule has 0 bridgehead atoms. The smallest absolute Gasteiger partial charge is 0.227 e. The van der Waals surface area contributed by atoms with Gasteiger partial charge >= 0.3 is 0 Å². The molecule has 0 aliphatic heterocycles. The molecular weight excluding hydrogens is 661 g/mol. The van der Waals surface area contributed by atoms with Gasteiger partial charge in [0, 0.05) is 39.2 Å². The van der Waals surface area contributed by atoms with Crippen LogP contribution in [-0.2, 0) is 5.41 Å². The van der Waals surface area contributed by atoms with Crippen molar-refractivity contribution in [2.24, 2.45) is 0 Å². The molecule has 256 valence electrons. The Labute approximate surface area is 312 Å². The fourth-order valence-electron chi connectivity index (χ4n) is 8.55. The number of para-hydroxylation sites is 1. The van der Waals surface area contributed by atoms with Crippen LogP contribution in [0.3, 0.4) is 0 Å². The molecule has 0 saturated carbocycles. The van der Waals surface area contributed by atoms with Crippen LogP contribution in [0.2, 0.25) is 0 Å². The van der Waals surface area contributed by atoms with Gasteiger partial charge in [-0.15, -0.1) is 0 Å². The molecule has 0 N–H and O–H groups in total. The first-order chi connectivity index (χ1) is 26.5. The Morgan fingerprint density at radius 3 is 2.13 bits per heavy atom. The van der Waals surface area contributed by atoms with Crippen molar-refractivity contribution in [3.63, 3.8) is 0 Å². The Balaban J connectivity index is 1.11.